The number of piperidine rings is 1. The zero-order chi connectivity index (χ0) is 13.8. The fraction of sp³-hybridized carbons (Fsp3) is 0.467. The number of thioether (sulfide) groups is 1. The van der Waals surface area contributed by atoms with Crippen LogP contribution in [0.15, 0.2) is 33.7 Å². The van der Waals surface area contributed by atoms with Gasteiger partial charge in [-0.15, -0.1) is 11.8 Å². The van der Waals surface area contributed by atoms with Gasteiger partial charge < -0.3 is 9.84 Å². The summed E-state index contributed by atoms with van der Waals surface area (Å²) in [6.07, 6.45) is 2.32. The molecule has 2 heterocycles. The van der Waals surface area contributed by atoms with E-state index in [1.54, 1.807) is 11.8 Å². The molecule has 1 saturated heterocycles. The van der Waals surface area contributed by atoms with Crippen molar-refractivity contribution in [2.75, 3.05) is 13.1 Å². The van der Waals surface area contributed by atoms with Crippen molar-refractivity contribution in [2.45, 2.75) is 36.3 Å². The van der Waals surface area contributed by atoms with E-state index in [9.17, 15) is 0 Å². The van der Waals surface area contributed by atoms with E-state index < -0.39 is 0 Å². The quantitative estimate of drug-likeness (QED) is 0.876. The molecule has 1 aromatic carbocycles. The number of rotatable bonds is 4. The van der Waals surface area contributed by atoms with E-state index in [0.717, 1.165) is 37.0 Å². The van der Waals surface area contributed by atoms with Crippen LogP contribution in [0.4, 0.5) is 0 Å². The highest BCUT2D eigenvalue weighted by molar-refractivity contribution is 7.98. The standard InChI is InChI=1S/C15H19N3OS/c1-11-4-2-6-13(8-11)20-10-14-17-15(19-18-14)12-5-3-7-16-9-12/h2,4,6,8,12,16H,3,5,7,9-10H2,1H3/t12-/m1/s1. The van der Waals surface area contributed by atoms with Crippen molar-refractivity contribution in [1.82, 2.24) is 15.5 Å². The maximum Gasteiger partial charge on any atom is 0.231 e. The Labute approximate surface area is 123 Å². The molecule has 0 bridgehead atoms. The van der Waals surface area contributed by atoms with Crippen molar-refractivity contribution in [3.8, 4) is 0 Å². The third-order valence-electron chi connectivity index (χ3n) is 3.49. The smallest absolute Gasteiger partial charge is 0.231 e. The number of hydrogen-bond acceptors (Lipinski definition) is 5. The largest absolute Gasteiger partial charge is 0.339 e. The number of nitrogens with zero attached hydrogens (tertiary/aromatic N) is 2. The summed E-state index contributed by atoms with van der Waals surface area (Å²) >= 11 is 1.75. The van der Waals surface area contributed by atoms with Gasteiger partial charge in [-0.25, -0.2) is 0 Å². The molecule has 1 fully saturated rings. The third-order valence-corrected chi connectivity index (χ3v) is 4.48. The molecule has 1 aromatic heterocycles. The summed E-state index contributed by atoms with van der Waals surface area (Å²) in [5, 5.41) is 7.47. The van der Waals surface area contributed by atoms with Crippen LogP contribution in [0.1, 0.15) is 36.0 Å². The maximum absolute atomic E-state index is 5.40. The van der Waals surface area contributed by atoms with Gasteiger partial charge in [0.2, 0.25) is 5.89 Å². The monoisotopic (exact) mass is 289 g/mol. The molecule has 0 aliphatic carbocycles. The molecule has 1 aliphatic rings. The van der Waals surface area contributed by atoms with Gasteiger partial charge >= 0.3 is 0 Å². The van der Waals surface area contributed by atoms with E-state index in [-0.39, 0.29) is 0 Å². The van der Waals surface area contributed by atoms with Gasteiger partial charge in [-0.2, -0.15) is 4.98 Å². The molecule has 106 valence electrons. The van der Waals surface area contributed by atoms with Crippen molar-refractivity contribution in [3.05, 3.63) is 41.5 Å². The molecule has 4 nitrogen and oxygen atoms in total. The molecule has 20 heavy (non-hydrogen) atoms. The molecule has 0 amide bonds. The van der Waals surface area contributed by atoms with Gasteiger partial charge in [-0.3, -0.25) is 0 Å². The van der Waals surface area contributed by atoms with Crippen LogP contribution in [0.5, 0.6) is 0 Å². The second kappa shape index (κ2) is 6.41. The van der Waals surface area contributed by atoms with Crippen LogP contribution in [0.2, 0.25) is 0 Å². The minimum absolute atomic E-state index is 0.383. The van der Waals surface area contributed by atoms with Crippen molar-refractivity contribution < 1.29 is 4.52 Å². The Balaban J connectivity index is 1.59. The Morgan fingerprint density at radius 1 is 1.45 bits per heavy atom. The van der Waals surface area contributed by atoms with E-state index >= 15 is 0 Å². The summed E-state index contributed by atoms with van der Waals surface area (Å²) in [7, 11) is 0. The average Bonchev–Trinajstić information content (AvgIpc) is 2.95. The Hall–Kier alpha value is -1.33. The van der Waals surface area contributed by atoms with Crippen molar-refractivity contribution >= 4 is 11.8 Å². The molecule has 5 heteroatoms. The molecule has 1 atom stereocenters. The van der Waals surface area contributed by atoms with Crippen LogP contribution < -0.4 is 5.32 Å². The van der Waals surface area contributed by atoms with Gasteiger partial charge in [-0.1, -0.05) is 22.9 Å². The van der Waals surface area contributed by atoms with Crippen molar-refractivity contribution in [3.63, 3.8) is 0 Å². The van der Waals surface area contributed by atoms with Crippen molar-refractivity contribution in [2.24, 2.45) is 0 Å². The molecule has 1 N–H and O–H groups in total. The SMILES string of the molecule is Cc1cccc(SCc2noc([C@@H]3CCCNC3)n2)c1. The van der Waals surface area contributed by atoms with Gasteiger partial charge in [0.05, 0.1) is 11.7 Å². The van der Waals surface area contributed by atoms with Gasteiger partial charge in [0.25, 0.3) is 0 Å². The summed E-state index contributed by atoms with van der Waals surface area (Å²) < 4.78 is 5.40. The van der Waals surface area contributed by atoms with Gasteiger partial charge in [-0.05, 0) is 38.4 Å². The lowest BCUT2D eigenvalue weighted by atomic mass is 10.00. The highest BCUT2D eigenvalue weighted by Gasteiger charge is 2.21. The topological polar surface area (TPSA) is 51.0 Å². The summed E-state index contributed by atoms with van der Waals surface area (Å²) in [4.78, 5) is 5.78. The summed E-state index contributed by atoms with van der Waals surface area (Å²) in [6.45, 7) is 4.15. The molecule has 0 radical (unpaired) electrons. The minimum Gasteiger partial charge on any atom is -0.339 e. The first-order chi connectivity index (χ1) is 9.81. The fourth-order valence-electron chi connectivity index (χ4n) is 2.41. The second-order valence-corrected chi connectivity index (χ2v) is 6.25. The number of nitrogens with one attached hydrogen (secondary N) is 1. The van der Waals surface area contributed by atoms with Crippen LogP contribution in [0, 0.1) is 6.92 Å². The number of aryl methyl sites for hydroxylation is 1. The normalized spacial score (nSPS) is 19.1. The molecule has 0 spiro atoms. The first-order valence-corrected chi connectivity index (χ1v) is 8.02. The molecular formula is C15H19N3OS. The predicted octanol–water partition coefficient (Wildman–Crippen LogP) is 3.14. The summed E-state index contributed by atoms with van der Waals surface area (Å²) in [5.41, 5.74) is 1.28. The van der Waals surface area contributed by atoms with Crippen LogP contribution >= 0.6 is 11.8 Å². The van der Waals surface area contributed by atoms with E-state index in [2.05, 4.69) is 46.6 Å². The number of aromatic nitrogens is 2. The molecule has 2 aromatic rings. The Kier molecular flexibility index (Phi) is 4.38. The Bertz CT molecular complexity index is 564. The lowest BCUT2D eigenvalue weighted by molar-refractivity contribution is 0.320. The third kappa shape index (κ3) is 3.41. The van der Waals surface area contributed by atoms with Crippen LogP contribution in [-0.2, 0) is 5.75 Å². The highest BCUT2D eigenvalue weighted by Crippen LogP contribution is 2.25. The van der Waals surface area contributed by atoms with Crippen LogP contribution in [0.3, 0.4) is 0 Å². The minimum atomic E-state index is 0.383. The summed E-state index contributed by atoms with van der Waals surface area (Å²) in [6, 6.07) is 8.47. The summed E-state index contributed by atoms with van der Waals surface area (Å²) in [5.74, 6) is 2.72. The zero-order valence-corrected chi connectivity index (χ0v) is 12.4. The Morgan fingerprint density at radius 3 is 3.20 bits per heavy atom. The molecule has 0 saturated carbocycles. The fourth-order valence-corrected chi connectivity index (χ4v) is 3.26. The van der Waals surface area contributed by atoms with Gasteiger partial charge in [0, 0.05) is 11.4 Å². The van der Waals surface area contributed by atoms with E-state index in [1.807, 2.05) is 0 Å². The van der Waals surface area contributed by atoms with Crippen molar-refractivity contribution in [1.29, 1.82) is 0 Å². The lowest BCUT2D eigenvalue weighted by Crippen LogP contribution is -2.28. The van der Waals surface area contributed by atoms with E-state index in [0.29, 0.717) is 5.92 Å². The maximum atomic E-state index is 5.40. The average molecular weight is 289 g/mol. The first-order valence-electron chi connectivity index (χ1n) is 7.04. The van der Waals surface area contributed by atoms with E-state index in [1.165, 1.54) is 16.9 Å². The van der Waals surface area contributed by atoms with Crippen LogP contribution in [-0.4, -0.2) is 23.2 Å². The Morgan fingerprint density at radius 2 is 2.40 bits per heavy atom. The van der Waals surface area contributed by atoms with Gasteiger partial charge in [0.1, 0.15) is 0 Å². The van der Waals surface area contributed by atoms with Gasteiger partial charge in [0.15, 0.2) is 5.82 Å². The van der Waals surface area contributed by atoms with Crippen LogP contribution in [0.25, 0.3) is 0 Å². The highest BCUT2D eigenvalue weighted by atomic mass is 32.2. The van der Waals surface area contributed by atoms with E-state index in [4.69, 9.17) is 4.52 Å². The number of hydrogen-bond donors (Lipinski definition) is 1. The zero-order valence-electron chi connectivity index (χ0n) is 11.6. The molecule has 3 rings (SSSR count). The second-order valence-electron chi connectivity index (χ2n) is 5.20. The predicted molar refractivity (Wildman–Crippen MR) is 79.9 cm³/mol. The molecular weight excluding hydrogens is 270 g/mol. The first kappa shape index (κ1) is 13.6. The molecule has 0 unspecified atom stereocenters. The lowest BCUT2D eigenvalue weighted by Gasteiger charge is -2.18. The number of benzene rings is 1. The molecule has 1 aliphatic heterocycles.